The fraction of sp³-hybridized carbons (Fsp3) is 0.333. The first-order chi connectivity index (χ1) is 8.49. The number of benzene rings is 1. The molecule has 0 aliphatic carbocycles. The maximum absolute atomic E-state index is 12.5. The summed E-state index contributed by atoms with van der Waals surface area (Å²) in [6.07, 6.45) is -3.75. The van der Waals surface area contributed by atoms with Crippen molar-refractivity contribution in [3.8, 4) is 0 Å². The number of halogens is 2. The van der Waals surface area contributed by atoms with Crippen LogP contribution in [0.15, 0.2) is 30.3 Å². The van der Waals surface area contributed by atoms with Crippen molar-refractivity contribution in [2.45, 2.75) is 25.3 Å². The Bertz CT molecular complexity index is 409. The van der Waals surface area contributed by atoms with Crippen LogP contribution < -0.4 is 5.32 Å². The number of carboxylic acid groups (broad SMARTS) is 1. The topological polar surface area (TPSA) is 66.4 Å². The highest BCUT2D eigenvalue weighted by atomic mass is 19.3. The second-order valence-corrected chi connectivity index (χ2v) is 3.77. The predicted molar refractivity (Wildman–Crippen MR) is 60.3 cm³/mol. The summed E-state index contributed by atoms with van der Waals surface area (Å²) < 4.78 is 25.0. The molecule has 0 bridgehead atoms. The number of rotatable bonds is 6. The van der Waals surface area contributed by atoms with Crippen molar-refractivity contribution < 1.29 is 23.5 Å². The van der Waals surface area contributed by atoms with Crippen LogP contribution in [0, 0.1) is 0 Å². The molecule has 4 nitrogen and oxygen atoms in total. The molecule has 0 aliphatic rings. The first-order valence-corrected chi connectivity index (χ1v) is 5.32. The maximum Gasteiger partial charge on any atom is 0.305 e. The number of carboxylic acids is 1. The molecule has 18 heavy (non-hydrogen) atoms. The van der Waals surface area contributed by atoms with Crippen molar-refractivity contribution in [2.24, 2.45) is 0 Å². The Kier molecular flexibility index (Phi) is 5.23. The third-order valence-electron chi connectivity index (χ3n) is 2.25. The molecule has 1 rings (SSSR count). The van der Waals surface area contributed by atoms with E-state index in [1.807, 2.05) is 5.32 Å². The molecule has 0 radical (unpaired) electrons. The zero-order valence-electron chi connectivity index (χ0n) is 9.48. The SMILES string of the molecule is O=C(O)CC(NC(=O)Cc1ccccc1)C(F)F. The van der Waals surface area contributed by atoms with Crippen molar-refractivity contribution in [3.05, 3.63) is 35.9 Å². The number of hydrogen-bond acceptors (Lipinski definition) is 2. The van der Waals surface area contributed by atoms with Crippen molar-refractivity contribution >= 4 is 11.9 Å². The lowest BCUT2D eigenvalue weighted by molar-refractivity contribution is -0.139. The van der Waals surface area contributed by atoms with E-state index < -0.39 is 30.8 Å². The monoisotopic (exact) mass is 257 g/mol. The Morgan fingerprint density at radius 1 is 1.22 bits per heavy atom. The molecule has 0 aromatic heterocycles. The molecule has 1 aromatic rings. The summed E-state index contributed by atoms with van der Waals surface area (Å²) in [4.78, 5) is 21.8. The first-order valence-electron chi connectivity index (χ1n) is 5.32. The average molecular weight is 257 g/mol. The van der Waals surface area contributed by atoms with Gasteiger partial charge in [0.05, 0.1) is 12.8 Å². The number of aliphatic carboxylic acids is 1. The molecule has 0 spiro atoms. The predicted octanol–water partition coefficient (Wildman–Crippen LogP) is 1.45. The van der Waals surface area contributed by atoms with Crippen molar-refractivity contribution in [1.82, 2.24) is 5.32 Å². The highest BCUT2D eigenvalue weighted by Gasteiger charge is 2.24. The Morgan fingerprint density at radius 3 is 2.33 bits per heavy atom. The largest absolute Gasteiger partial charge is 0.481 e. The van der Waals surface area contributed by atoms with Crippen LogP contribution in [0.3, 0.4) is 0 Å². The third-order valence-corrected chi connectivity index (χ3v) is 2.25. The quantitative estimate of drug-likeness (QED) is 0.810. The van der Waals surface area contributed by atoms with E-state index in [2.05, 4.69) is 0 Å². The van der Waals surface area contributed by atoms with Gasteiger partial charge >= 0.3 is 5.97 Å². The summed E-state index contributed by atoms with van der Waals surface area (Å²) >= 11 is 0. The Labute approximate surface area is 103 Å². The molecular weight excluding hydrogens is 244 g/mol. The fourth-order valence-corrected chi connectivity index (χ4v) is 1.43. The number of carbonyl (C=O) groups is 2. The molecule has 0 saturated heterocycles. The minimum Gasteiger partial charge on any atom is -0.481 e. The number of alkyl halides is 2. The minimum absolute atomic E-state index is 0.0519. The smallest absolute Gasteiger partial charge is 0.305 e. The Balaban J connectivity index is 2.54. The van der Waals surface area contributed by atoms with Gasteiger partial charge in [-0.3, -0.25) is 9.59 Å². The molecule has 0 aliphatic heterocycles. The van der Waals surface area contributed by atoms with Crippen LogP contribution in [0.25, 0.3) is 0 Å². The van der Waals surface area contributed by atoms with Crippen LogP contribution in [0.5, 0.6) is 0 Å². The molecule has 0 heterocycles. The van der Waals surface area contributed by atoms with E-state index in [4.69, 9.17) is 5.11 Å². The molecule has 1 amide bonds. The van der Waals surface area contributed by atoms with Crippen LogP contribution >= 0.6 is 0 Å². The van der Waals surface area contributed by atoms with Gasteiger partial charge in [0.1, 0.15) is 6.04 Å². The lowest BCUT2D eigenvalue weighted by atomic mass is 10.1. The zero-order chi connectivity index (χ0) is 13.5. The van der Waals surface area contributed by atoms with Crippen LogP contribution in [0.4, 0.5) is 8.78 Å². The van der Waals surface area contributed by atoms with Gasteiger partial charge in [-0.15, -0.1) is 0 Å². The molecule has 1 unspecified atom stereocenters. The highest BCUT2D eigenvalue weighted by Crippen LogP contribution is 2.06. The van der Waals surface area contributed by atoms with Gasteiger partial charge in [-0.2, -0.15) is 0 Å². The van der Waals surface area contributed by atoms with Gasteiger partial charge < -0.3 is 10.4 Å². The third kappa shape index (κ3) is 4.90. The van der Waals surface area contributed by atoms with E-state index in [-0.39, 0.29) is 6.42 Å². The summed E-state index contributed by atoms with van der Waals surface area (Å²) in [6.45, 7) is 0. The van der Waals surface area contributed by atoms with Crippen LogP contribution in [0.2, 0.25) is 0 Å². The van der Waals surface area contributed by atoms with Gasteiger partial charge in [-0.1, -0.05) is 30.3 Å². The van der Waals surface area contributed by atoms with Crippen LogP contribution in [-0.4, -0.2) is 29.5 Å². The first kappa shape index (κ1) is 14.1. The molecule has 1 aromatic carbocycles. The second-order valence-electron chi connectivity index (χ2n) is 3.77. The van der Waals surface area contributed by atoms with Crippen molar-refractivity contribution in [2.75, 3.05) is 0 Å². The molecule has 6 heteroatoms. The lowest BCUT2D eigenvalue weighted by Crippen LogP contribution is -2.42. The standard InChI is InChI=1S/C12H13F2NO3/c13-12(14)9(7-11(17)18)15-10(16)6-8-4-2-1-3-5-8/h1-5,9,12H,6-7H2,(H,15,16)(H,17,18). The zero-order valence-corrected chi connectivity index (χ0v) is 9.48. The Morgan fingerprint density at radius 2 is 1.83 bits per heavy atom. The molecule has 0 saturated carbocycles. The van der Waals surface area contributed by atoms with Gasteiger partial charge in [0.2, 0.25) is 5.91 Å². The Hall–Kier alpha value is -1.98. The molecule has 98 valence electrons. The van der Waals surface area contributed by atoms with E-state index in [1.54, 1.807) is 30.3 Å². The average Bonchev–Trinajstić information content (AvgIpc) is 2.28. The molecule has 1 atom stereocenters. The van der Waals surface area contributed by atoms with E-state index in [0.29, 0.717) is 5.56 Å². The van der Waals surface area contributed by atoms with Gasteiger partial charge in [0, 0.05) is 0 Å². The van der Waals surface area contributed by atoms with Crippen molar-refractivity contribution in [3.63, 3.8) is 0 Å². The fourth-order valence-electron chi connectivity index (χ4n) is 1.43. The van der Waals surface area contributed by atoms with Gasteiger partial charge in [0.25, 0.3) is 6.43 Å². The lowest BCUT2D eigenvalue weighted by Gasteiger charge is -2.15. The summed E-state index contributed by atoms with van der Waals surface area (Å²) in [5, 5.41) is 10.5. The van der Waals surface area contributed by atoms with E-state index in [0.717, 1.165) is 0 Å². The normalized spacial score (nSPS) is 12.2. The summed E-state index contributed by atoms with van der Waals surface area (Å²) in [5.74, 6) is -1.99. The van der Waals surface area contributed by atoms with Gasteiger partial charge in [-0.05, 0) is 5.56 Å². The summed E-state index contributed by atoms with van der Waals surface area (Å²) in [6, 6.07) is 6.95. The summed E-state index contributed by atoms with van der Waals surface area (Å²) in [7, 11) is 0. The number of amides is 1. The summed E-state index contributed by atoms with van der Waals surface area (Å²) in [5.41, 5.74) is 0.679. The maximum atomic E-state index is 12.5. The highest BCUT2D eigenvalue weighted by molar-refractivity contribution is 5.79. The van der Waals surface area contributed by atoms with Crippen molar-refractivity contribution in [1.29, 1.82) is 0 Å². The molecule has 2 N–H and O–H groups in total. The van der Waals surface area contributed by atoms with Gasteiger partial charge in [0.15, 0.2) is 0 Å². The molecular formula is C12H13F2NO3. The number of carbonyl (C=O) groups excluding carboxylic acids is 1. The minimum atomic E-state index is -2.90. The molecule has 0 fully saturated rings. The van der Waals surface area contributed by atoms with E-state index in [1.165, 1.54) is 0 Å². The van der Waals surface area contributed by atoms with Crippen LogP contribution in [0.1, 0.15) is 12.0 Å². The van der Waals surface area contributed by atoms with Gasteiger partial charge in [-0.25, -0.2) is 8.78 Å². The van der Waals surface area contributed by atoms with E-state index in [9.17, 15) is 18.4 Å². The second kappa shape index (κ2) is 6.68. The van der Waals surface area contributed by atoms with Crippen LogP contribution in [-0.2, 0) is 16.0 Å². The number of hydrogen-bond donors (Lipinski definition) is 2. The number of nitrogens with one attached hydrogen (secondary N) is 1. The van der Waals surface area contributed by atoms with E-state index >= 15 is 0 Å².